The molecule has 0 aromatic heterocycles. The Morgan fingerprint density at radius 3 is 2.60 bits per heavy atom. The fraction of sp³-hybridized carbons (Fsp3) is 0.188. The molecule has 0 N–H and O–H groups in total. The lowest BCUT2D eigenvalue weighted by molar-refractivity contribution is -0.128. The molecule has 100 valence electrons. The van der Waals surface area contributed by atoms with Crippen LogP contribution in [0, 0.1) is 0 Å². The van der Waals surface area contributed by atoms with Crippen LogP contribution >= 0.6 is 0 Å². The van der Waals surface area contributed by atoms with E-state index in [1.807, 2.05) is 48.5 Å². The summed E-state index contributed by atoms with van der Waals surface area (Å²) in [6.45, 7) is 0.321. The molecule has 0 radical (unpaired) electrons. The predicted molar refractivity (Wildman–Crippen MR) is 73.7 cm³/mol. The van der Waals surface area contributed by atoms with Crippen LogP contribution < -0.4 is 9.80 Å². The van der Waals surface area contributed by atoms with E-state index in [0.717, 1.165) is 22.6 Å². The van der Waals surface area contributed by atoms with E-state index in [-0.39, 0.29) is 5.91 Å². The van der Waals surface area contributed by atoms with Gasteiger partial charge in [-0.1, -0.05) is 36.4 Å². The molecule has 2 aromatic rings. The molecule has 2 aliphatic rings. The Kier molecular flexibility index (Phi) is 2.20. The van der Waals surface area contributed by atoms with Crippen molar-refractivity contribution in [2.45, 2.75) is 5.41 Å². The average Bonchev–Trinajstić information content (AvgIpc) is 2.99. The van der Waals surface area contributed by atoms with Crippen LogP contribution in [0.3, 0.4) is 0 Å². The molecule has 20 heavy (non-hydrogen) atoms. The molecule has 0 aliphatic carbocycles. The van der Waals surface area contributed by atoms with Crippen molar-refractivity contribution in [3.8, 4) is 5.75 Å². The highest BCUT2D eigenvalue weighted by molar-refractivity contribution is 6.10. The number of carbonyl (C=O) groups excluding carboxylic acids is 1. The number of hydrogen-bond acceptors (Lipinski definition) is 3. The van der Waals surface area contributed by atoms with Crippen LogP contribution in [0.5, 0.6) is 5.75 Å². The molecule has 1 unspecified atom stereocenters. The lowest BCUT2D eigenvalue weighted by Gasteiger charge is -2.21. The first-order valence-corrected chi connectivity index (χ1v) is 6.49. The molecule has 2 aromatic carbocycles. The molecule has 0 bridgehead atoms. The summed E-state index contributed by atoms with van der Waals surface area (Å²) in [4.78, 5) is 18.2. The van der Waals surface area contributed by atoms with E-state index in [1.165, 1.54) is 12.2 Å². The minimum Gasteiger partial charge on any atom is -0.491 e. The van der Waals surface area contributed by atoms with Crippen molar-refractivity contribution < 1.29 is 14.4 Å². The maximum atomic E-state index is 12.9. The van der Waals surface area contributed by atoms with Crippen molar-refractivity contribution in [3.63, 3.8) is 0 Å². The molecule has 2 aliphatic heterocycles. The number of para-hydroxylation sites is 2. The third kappa shape index (κ3) is 1.17. The van der Waals surface area contributed by atoms with Crippen LogP contribution in [-0.2, 0) is 15.0 Å². The second kappa shape index (κ2) is 3.84. The number of hydrogen-bond donors (Lipinski definition) is 0. The van der Waals surface area contributed by atoms with Crippen LogP contribution in [0.25, 0.3) is 0 Å². The minimum atomic E-state index is -0.775. The molecule has 0 fully saturated rings. The van der Waals surface area contributed by atoms with E-state index < -0.39 is 5.41 Å². The summed E-state index contributed by atoms with van der Waals surface area (Å²) in [7, 11) is 1.51. The Labute approximate surface area is 116 Å². The van der Waals surface area contributed by atoms with Gasteiger partial charge in [0.05, 0.1) is 12.8 Å². The summed E-state index contributed by atoms with van der Waals surface area (Å²) in [6, 6.07) is 15.4. The zero-order chi connectivity index (χ0) is 13.7. The van der Waals surface area contributed by atoms with Crippen molar-refractivity contribution in [1.29, 1.82) is 0 Å². The molecular formula is C16H13NO3. The Bertz CT molecular complexity index is 712. The maximum Gasteiger partial charge on any atom is 0.269 e. The van der Waals surface area contributed by atoms with Crippen molar-refractivity contribution in [3.05, 3.63) is 59.7 Å². The smallest absolute Gasteiger partial charge is 0.269 e. The van der Waals surface area contributed by atoms with Crippen LogP contribution in [0.2, 0.25) is 0 Å². The first-order chi connectivity index (χ1) is 9.79. The lowest BCUT2D eigenvalue weighted by Crippen LogP contribution is -2.42. The van der Waals surface area contributed by atoms with Crippen LogP contribution in [0.4, 0.5) is 5.69 Å². The zero-order valence-electron chi connectivity index (χ0n) is 11.0. The second-order valence-corrected chi connectivity index (χ2v) is 4.99. The van der Waals surface area contributed by atoms with Crippen LogP contribution in [0.15, 0.2) is 48.5 Å². The van der Waals surface area contributed by atoms with E-state index in [0.29, 0.717) is 6.61 Å². The highest BCUT2D eigenvalue weighted by Gasteiger charge is 2.57. The van der Waals surface area contributed by atoms with Gasteiger partial charge in [-0.2, -0.15) is 5.06 Å². The number of fused-ring (bicyclic) bond motifs is 4. The molecule has 4 heteroatoms. The monoisotopic (exact) mass is 267 g/mol. The van der Waals surface area contributed by atoms with E-state index in [4.69, 9.17) is 9.57 Å². The van der Waals surface area contributed by atoms with E-state index in [2.05, 4.69) is 0 Å². The second-order valence-electron chi connectivity index (χ2n) is 4.99. The van der Waals surface area contributed by atoms with Crippen molar-refractivity contribution in [2.75, 3.05) is 18.8 Å². The zero-order valence-corrected chi connectivity index (χ0v) is 11.0. The van der Waals surface area contributed by atoms with Gasteiger partial charge >= 0.3 is 0 Å². The summed E-state index contributed by atoms with van der Waals surface area (Å²) in [5.41, 5.74) is 1.87. The quantitative estimate of drug-likeness (QED) is 0.795. The first kappa shape index (κ1) is 11.5. The molecule has 1 amide bonds. The van der Waals surface area contributed by atoms with Gasteiger partial charge < -0.3 is 4.74 Å². The van der Waals surface area contributed by atoms with Gasteiger partial charge in [0, 0.05) is 11.1 Å². The van der Waals surface area contributed by atoms with Gasteiger partial charge in [-0.15, -0.1) is 0 Å². The van der Waals surface area contributed by atoms with E-state index in [1.54, 1.807) is 0 Å². The van der Waals surface area contributed by atoms with Gasteiger partial charge in [-0.25, -0.2) is 0 Å². The van der Waals surface area contributed by atoms with Gasteiger partial charge in [0.15, 0.2) is 0 Å². The van der Waals surface area contributed by atoms with Crippen molar-refractivity contribution in [1.82, 2.24) is 0 Å². The normalized spacial score (nSPS) is 22.9. The summed E-state index contributed by atoms with van der Waals surface area (Å²) >= 11 is 0. The number of amides is 1. The number of benzene rings is 2. The molecule has 0 saturated heterocycles. The average molecular weight is 267 g/mol. The first-order valence-electron chi connectivity index (χ1n) is 6.49. The van der Waals surface area contributed by atoms with Gasteiger partial charge in [0.25, 0.3) is 5.91 Å². The highest BCUT2D eigenvalue weighted by Crippen LogP contribution is 2.51. The molecule has 2 heterocycles. The van der Waals surface area contributed by atoms with Gasteiger partial charge in [0.1, 0.15) is 17.8 Å². The standard InChI is InChI=1S/C16H13NO3/c1-19-17-13-8-4-2-6-11(13)16(15(17)18)10-20-14-9-5-3-7-12(14)16/h2-9H,10H2,1H3. The molecular weight excluding hydrogens is 254 g/mol. The number of anilines is 1. The van der Waals surface area contributed by atoms with E-state index >= 15 is 0 Å². The number of rotatable bonds is 1. The van der Waals surface area contributed by atoms with Gasteiger partial charge in [-0.05, 0) is 12.1 Å². The number of hydroxylamine groups is 1. The van der Waals surface area contributed by atoms with Gasteiger partial charge in [0.2, 0.25) is 0 Å². The summed E-state index contributed by atoms with van der Waals surface area (Å²) in [5, 5.41) is 1.36. The predicted octanol–water partition coefficient (Wildman–Crippen LogP) is 2.27. The van der Waals surface area contributed by atoms with Crippen LogP contribution in [0.1, 0.15) is 11.1 Å². The number of nitrogens with zero attached hydrogens (tertiary/aromatic N) is 1. The molecule has 4 rings (SSSR count). The third-order valence-corrected chi connectivity index (χ3v) is 4.11. The summed E-state index contributed by atoms with van der Waals surface area (Å²) in [6.07, 6.45) is 0. The summed E-state index contributed by atoms with van der Waals surface area (Å²) < 4.78 is 5.75. The molecule has 0 saturated carbocycles. The lowest BCUT2D eigenvalue weighted by atomic mass is 9.77. The molecule has 1 spiro atoms. The van der Waals surface area contributed by atoms with Crippen molar-refractivity contribution >= 4 is 11.6 Å². The largest absolute Gasteiger partial charge is 0.491 e. The SMILES string of the molecule is CON1C(=O)C2(COc3ccccc32)c2ccccc21. The Balaban J connectivity index is 2.03. The van der Waals surface area contributed by atoms with Gasteiger partial charge in [-0.3, -0.25) is 9.63 Å². The number of carbonyl (C=O) groups is 1. The minimum absolute atomic E-state index is 0.0915. The van der Waals surface area contributed by atoms with Crippen LogP contribution in [-0.4, -0.2) is 19.6 Å². The van der Waals surface area contributed by atoms with E-state index in [9.17, 15) is 4.79 Å². The Morgan fingerprint density at radius 1 is 1.10 bits per heavy atom. The molecule has 4 nitrogen and oxygen atoms in total. The topological polar surface area (TPSA) is 38.8 Å². The maximum absolute atomic E-state index is 12.9. The Morgan fingerprint density at radius 2 is 1.80 bits per heavy atom. The molecule has 1 atom stereocenters. The highest BCUT2D eigenvalue weighted by atomic mass is 16.7. The summed E-state index contributed by atoms with van der Waals surface area (Å²) in [5.74, 6) is 0.680. The third-order valence-electron chi connectivity index (χ3n) is 4.11. The fourth-order valence-corrected chi connectivity index (χ4v) is 3.20. The number of ether oxygens (including phenoxy) is 1. The van der Waals surface area contributed by atoms with Crippen molar-refractivity contribution in [2.24, 2.45) is 0 Å². The fourth-order valence-electron chi connectivity index (χ4n) is 3.20. The Hall–Kier alpha value is -2.33.